The van der Waals surface area contributed by atoms with E-state index in [4.69, 9.17) is 5.73 Å². The molecule has 5 rings (SSSR count). The van der Waals surface area contributed by atoms with E-state index in [0.717, 1.165) is 37.4 Å². The fraction of sp³-hybridized carbons (Fsp3) is 0.269. The molecule has 8 heteroatoms. The smallest absolute Gasteiger partial charge is 0.274 e. The largest absolute Gasteiger partial charge is 0.383 e. The van der Waals surface area contributed by atoms with Gasteiger partial charge in [-0.25, -0.2) is 9.97 Å². The van der Waals surface area contributed by atoms with Gasteiger partial charge in [0.2, 0.25) is 5.95 Å². The topological polar surface area (TPSA) is 91.1 Å². The molecule has 3 N–H and O–H groups in total. The first-order valence-electron chi connectivity index (χ1n) is 11.4. The number of nitrogens with one attached hydrogen (secondary N) is 1. The normalized spacial score (nSPS) is 14.8. The Morgan fingerprint density at radius 1 is 1.00 bits per heavy atom. The van der Waals surface area contributed by atoms with Gasteiger partial charge in [-0.1, -0.05) is 12.1 Å². The van der Waals surface area contributed by atoms with Gasteiger partial charge in [0.05, 0.1) is 0 Å². The summed E-state index contributed by atoms with van der Waals surface area (Å²) in [5, 5.41) is 0.674. The molecule has 0 spiro atoms. The first-order chi connectivity index (χ1) is 16.4. The Kier molecular flexibility index (Phi) is 5.75. The van der Waals surface area contributed by atoms with E-state index in [1.807, 2.05) is 30.3 Å². The van der Waals surface area contributed by atoms with Crippen molar-refractivity contribution in [2.45, 2.75) is 19.9 Å². The summed E-state index contributed by atoms with van der Waals surface area (Å²) in [7, 11) is 0. The van der Waals surface area contributed by atoms with Crippen molar-refractivity contribution in [2.24, 2.45) is 0 Å². The number of rotatable bonds is 4. The third-order valence-corrected chi connectivity index (χ3v) is 6.51. The summed E-state index contributed by atoms with van der Waals surface area (Å²) in [5.74, 6) is -0.545. The molecule has 7 nitrogen and oxygen atoms in total. The SMILES string of the molecule is CC(C)N1CCN(c2ccc(-c3cc(-c4cnc5c(=O)[nH]ccc5c4)c(N)nc3F)cc2)CC1. The number of H-pyrrole nitrogens is 1. The number of nitrogens with two attached hydrogens (primary N) is 1. The van der Waals surface area contributed by atoms with E-state index in [1.165, 1.54) is 0 Å². The second-order valence-corrected chi connectivity index (χ2v) is 8.89. The fourth-order valence-electron chi connectivity index (χ4n) is 4.51. The molecule has 1 aromatic carbocycles. The van der Waals surface area contributed by atoms with Crippen LogP contribution in [0.1, 0.15) is 13.8 Å². The van der Waals surface area contributed by atoms with Gasteiger partial charge in [-0.3, -0.25) is 9.69 Å². The molecule has 1 aliphatic heterocycles. The van der Waals surface area contributed by atoms with E-state index >= 15 is 0 Å². The monoisotopic (exact) mass is 458 g/mol. The molecule has 4 aromatic rings. The van der Waals surface area contributed by atoms with Gasteiger partial charge in [-0.05, 0) is 49.7 Å². The number of halogens is 1. The van der Waals surface area contributed by atoms with Gasteiger partial charge in [0, 0.05) is 72.4 Å². The van der Waals surface area contributed by atoms with Crippen LogP contribution in [0.3, 0.4) is 0 Å². The van der Waals surface area contributed by atoms with Crippen molar-refractivity contribution in [3.63, 3.8) is 0 Å². The van der Waals surface area contributed by atoms with E-state index in [0.29, 0.717) is 33.6 Å². The molecule has 1 aliphatic rings. The molecule has 34 heavy (non-hydrogen) atoms. The molecule has 0 unspecified atom stereocenters. The van der Waals surface area contributed by atoms with Gasteiger partial charge >= 0.3 is 0 Å². The Morgan fingerprint density at radius 2 is 1.74 bits per heavy atom. The lowest BCUT2D eigenvalue weighted by Crippen LogP contribution is -2.48. The third kappa shape index (κ3) is 4.12. The number of nitrogens with zero attached hydrogens (tertiary/aromatic N) is 4. The van der Waals surface area contributed by atoms with E-state index in [1.54, 1.807) is 24.5 Å². The van der Waals surface area contributed by atoms with Crippen molar-refractivity contribution in [3.05, 3.63) is 71.2 Å². The lowest BCUT2D eigenvalue weighted by molar-refractivity contribution is 0.209. The molecule has 0 saturated carbocycles. The van der Waals surface area contributed by atoms with Crippen LogP contribution < -0.4 is 16.2 Å². The second-order valence-electron chi connectivity index (χ2n) is 8.89. The van der Waals surface area contributed by atoms with Crippen LogP contribution in [0.2, 0.25) is 0 Å². The van der Waals surface area contributed by atoms with Crippen LogP contribution in [0, 0.1) is 5.95 Å². The standard InChI is InChI=1S/C26H27FN6O/c1-16(2)32-9-11-33(12-10-32)20-5-3-17(4-6-20)21-14-22(25(28)31-24(21)27)19-13-18-7-8-29-26(34)23(18)30-15-19/h3-8,13-16H,9-12H2,1-2H3,(H2,28,31)(H,29,34). The van der Waals surface area contributed by atoms with Gasteiger partial charge in [0.25, 0.3) is 5.56 Å². The lowest BCUT2D eigenvalue weighted by atomic mass is 10.0. The quantitative estimate of drug-likeness (QED) is 0.451. The number of aromatic nitrogens is 3. The first-order valence-corrected chi connectivity index (χ1v) is 11.4. The molecule has 0 radical (unpaired) electrons. The molecule has 174 valence electrons. The molecule has 0 amide bonds. The van der Waals surface area contributed by atoms with Crippen molar-refractivity contribution in [1.29, 1.82) is 0 Å². The number of pyridine rings is 3. The van der Waals surface area contributed by atoms with Crippen LogP contribution in [0.25, 0.3) is 33.2 Å². The second kappa shape index (κ2) is 8.87. The number of benzene rings is 1. The number of anilines is 2. The van der Waals surface area contributed by atoms with E-state index < -0.39 is 5.95 Å². The zero-order valence-electron chi connectivity index (χ0n) is 19.3. The molecule has 0 atom stereocenters. The molecular formula is C26H27FN6O. The van der Waals surface area contributed by atoms with Gasteiger partial charge in [-0.15, -0.1) is 0 Å². The molecular weight excluding hydrogens is 431 g/mol. The Labute approximate surface area is 197 Å². The van der Waals surface area contributed by atoms with Gasteiger partial charge < -0.3 is 15.6 Å². The first kappa shape index (κ1) is 22.0. The Balaban J connectivity index is 1.45. The summed E-state index contributed by atoms with van der Waals surface area (Å²) >= 11 is 0. The highest BCUT2D eigenvalue weighted by atomic mass is 19.1. The number of fused-ring (bicyclic) bond motifs is 1. The van der Waals surface area contributed by atoms with Crippen LogP contribution in [0.4, 0.5) is 15.9 Å². The minimum absolute atomic E-state index is 0.0758. The van der Waals surface area contributed by atoms with Crippen molar-refractivity contribution >= 4 is 22.4 Å². The zero-order valence-corrected chi connectivity index (χ0v) is 19.3. The highest BCUT2D eigenvalue weighted by Crippen LogP contribution is 2.33. The summed E-state index contributed by atoms with van der Waals surface area (Å²) < 4.78 is 14.8. The third-order valence-electron chi connectivity index (χ3n) is 6.51. The van der Waals surface area contributed by atoms with E-state index in [-0.39, 0.29) is 11.4 Å². The Hall–Kier alpha value is -3.78. The molecule has 4 heterocycles. The van der Waals surface area contributed by atoms with Crippen LogP contribution in [0.15, 0.2) is 59.7 Å². The van der Waals surface area contributed by atoms with Crippen molar-refractivity contribution < 1.29 is 4.39 Å². The Morgan fingerprint density at radius 3 is 2.44 bits per heavy atom. The summed E-state index contributed by atoms with van der Waals surface area (Å²) in [4.78, 5) is 27.6. The van der Waals surface area contributed by atoms with Crippen LogP contribution in [-0.4, -0.2) is 52.1 Å². The van der Waals surface area contributed by atoms with Crippen LogP contribution in [0.5, 0.6) is 0 Å². The zero-order chi connectivity index (χ0) is 23.8. The maximum atomic E-state index is 14.8. The minimum atomic E-state index is -0.621. The van der Waals surface area contributed by atoms with Gasteiger partial charge in [-0.2, -0.15) is 4.39 Å². The number of hydrogen-bond acceptors (Lipinski definition) is 6. The average Bonchev–Trinajstić information content (AvgIpc) is 2.84. The lowest BCUT2D eigenvalue weighted by Gasteiger charge is -2.38. The summed E-state index contributed by atoms with van der Waals surface area (Å²) in [5.41, 5.74) is 9.60. The maximum absolute atomic E-state index is 14.8. The highest BCUT2D eigenvalue weighted by molar-refractivity contribution is 5.86. The van der Waals surface area contributed by atoms with E-state index in [9.17, 15) is 9.18 Å². The molecule has 1 fully saturated rings. The van der Waals surface area contributed by atoms with Crippen molar-refractivity contribution in [2.75, 3.05) is 36.8 Å². The van der Waals surface area contributed by atoms with Gasteiger partial charge in [0.1, 0.15) is 11.3 Å². The minimum Gasteiger partial charge on any atom is -0.383 e. The summed E-state index contributed by atoms with van der Waals surface area (Å²) in [6, 6.07) is 13.7. The molecule has 0 aliphatic carbocycles. The summed E-state index contributed by atoms with van der Waals surface area (Å²) in [6.45, 7) is 8.45. The van der Waals surface area contributed by atoms with Crippen LogP contribution >= 0.6 is 0 Å². The number of hydrogen-bond donors (Lipinski definition) is 2. The molecule has 0 bridgehead atoms. The predicted octanol–water partition coefficient (Wildman–Crippen LogP) is 3.90. The average molecular weight is 459 g/mol. The molecule has 1 saturated heterocycles. The number of piperazine rings is 1. The van der Waals surface area contributed by atoms with Crippen LogP contribution in [-0.2, 0) is 0 Å². The maximum Gasteiger partial charge on any atom is 0.274 e. The van der Waals surface area contributed by atoms with Crippen molar-refractivity contribution in [3.8, 4) is 22.3 Å². The summed E-state index contributed by atoms with van der Waals surface area (Å²) in [6.07, 6.45) is 3.13. The highest BCUT2D eigenvalue weighted by Gasteiger charge is 2.19. The molecule has 3 aromatic heterocycles. The van der Waals surface area contributed by atoms with Crippen molar-refractivity contribution in [1.82, 2.24) is 19.9 Å². The number of nitrogen functional groups attached to an aromatic ring is 1. The number of aromatic amines is 1. The van der Waals surface area contributed by atoms with Gasteiger partial charge in [0.15, 0.2) is 0 Å². The Bertz CT molecular complexity index is 1390. The van der Waals surface area contributed by atoms with E-state index in [2.05, 4.69) is 38.6 Å². The fourth-order valence-corrected chi connectivity index (χ4v) is 4.51. The predicted molar refractivity (Wildman–Crippen MR) is 134 cm³/mol.